The van der Waals surface area contributed by atoms with Crippen molar-refractivity contribution in [2.45, 2.75) is 52.2 Å². The molecule has 3 heterocycles. The number of carbonyl (C=O) groups is 2. The van der Waals surface area contributed by atoms with Gasteiger partial charge >= 0.3 is 0 Å². The van der Waals surface area contributed by atoms with Gasteiger partial charge in [0.05, 0.1) is 6.54 Å². The Kier molecular flexibility index (Phi) is 5.63. The number of rotatable bonds is 4. The number of nitrogens with one attached hydrogen (secondary N) is 1. The van der Waals surface area contributed by atoms with Gasteiger partial charge in [-0.05, 0) is 45.6 Å². The first kappa shape index (κ1) is 17.8. The van der Waals surface area contributed by atoms with Crippen LogP contribution in [0.4, 0.5) is 0 Å². The SMILES string of the molecule is Cc1cc(C)nc(CNC(=O)C2CCN(C(=O)C3CCCO3)CC2)n1. The van der Waals surface area contributed by atoms with Crippen molar-refractivity contribution in [3.05, 3.63) is 23.3 Å². The van der Waals surface area contributed by atoms with E-state index in [4.69, 9.17) is 4.74 Å². The van der Waals surface area contributed by atoms with Crippen molar-refractivity contribution in [2.24, 2.45) is 5.92 Å². The molecule has 7 nitrogen and oxygen atoms in total. The van der Waals surface area contributed by atoms with Crippen LogP contribution in [0.2, 0.25) is 0 Å². The van der Waals surface area contributed by atoms with Gasteiger partial charge < -0.3 is 15.0 Å². The van der Waals surface area contributed by atoms with E-state index in [9.17, 15) is 9.59 Å². The maximum atomic E-state index is 12.4. The summed E-state index contributed by atoms with van der Waals surface area (Å²) in [5, 5.41) is 2.93. The molecule has 0 radical (unpaired) electrons. The number of nitrogens with zero attached hydrogens (tertiary/aromatic N) is 3. The first-order valence-electron chi connectivity index (χ1n) is 9.02. The molecule has 0 aromatic carbocycles. The minimum atomic E-state index is -0.271. The second-order valence-electron chi connectivity index (χ2n) is 6.89. The normalized spacial score (nSPS) is 21.4. The number of piperidine rings is 1. The summed E-state index contributed by atoms with van der Waals surface area (Å²) in [6.45, 7) is 6.10. The van der Waals surface area contributed by atoms with E-state index >= 15 is 0 Å². The van der Waals surface area contributed by atoms with Crippen LogP contribution in [0, 0.1) is 19.8 Å². The minimum Gasteiger partial charge on any atom is -0.368 e. The Hall–Kier alpha value is -2.02. The van der Waals surface area contributed by atoms with Gasteiger partial charge in [-0.2, -0.15) is 0 Å². The van der Waals surface area contributed by atoms with E-state index in [1.165, 1.54) is 0 Å². The molecule has 3 rings (SSSR count). The number of hydrogen-bond acceptors (Lipinski definition) is 5. The summed E-state index contributed by atoms with van der Waals surface area (Å²) >= 11 is 0. The smallest absolute Gasteiger partial charge is 0.251 e. The number of hydrogen-bond donors (Lipinski definition) is 1. The standard InChI is InChI=1S/C18H26N4O3/c1-12-10-13(2)21-16(20-12)11-19-17(23)14-5-7-22(8-6-14)18(24)15-4-3-9-25-15/h10,14-15H,3-9,11H2,1-2H3,(H,19,23). The van der Waals surface area contributed by atoms with Crippen molar-refractivity contribution >= 4 is 11.8 Å². The molecule has 1 atom stereocenters. The third-order valence-electron chi connectivity index (χ3n) is 4.83. The molecule has 1 unspecified atom stereocenters. The van der Waals surface area contributed by atoms with E-state index in [1.54, 1.807) is 0 Å². The molecule has 2 fully saturated rings. The molecule has 1 N–H and O–H groups in total. The Morgan fingerprint density at radius 2 is 1.88 bits per heavy atom. The Morgan fingerprint density at radius 1 is 1.20 bits per heavy atom. The zero-order valence-electron chi connectivity index (χ0n) is 15.0. The number of carbonyl (C=O) groups excluding carboxylic acids is 2. The molecule has 1 aromatic rings. The molecule has 0 aliphatic carbocycles. The maximum Gasteiger partial charge on any atom is 0.251 e. The highest BCUT2D eigenvalue weighted by molar-refractivity contribution is 5.82. The lowest BCUT2D eigenvalue weighted by Gasteiger charge is -2.32. The lowest BCUT2D eigenvalue weighted by molar-refractivity contribution is -0.143. The second kappa shape index (κ2) is 7.91. The first-order chi connectivity index (χ1) is 12.0. The molecular formula is C18H26N4O3. The zero-order chi connectivity index (χ0) is 17.8. The lowest BCUT2D eigenvalue weighted by Crippen LogP contribution is -2.46. The first-order valence-corrected chi connectivity index (χ1v) is 9.02. The topological polar surface area (TPSA) is 84.4 Å². The summed E-state index contributed by atoms with van der Waals surface area (Å²) in [5.41, 5.74) is 1.80. The molecule has 2 aliphatic heterocycles. The van der Waals surface area contributed by atoms with E-state index in [0.717, 1.165) is 24.2 Å². The van der Waals surface area contributed by atoms with Crippen molar-refractivity contribution in [3.8, 4) is 0 Å². The lowest BCUT2D eigenvalue weighted by atomic mass is 9.95. The van der Waals surface area contributed by atoms with Crippen LogP contribution >= 0.6 is 0 Å². The van der Waals surface area contributed by atoms with Crippen molar-refractivity contribution in [2.75, 3.05) is 19.7 Å². The van der Waals surface area contributed by atoms with Crippen LogP contribution in [-0.2, 0) is 20.9 Å². The van der Waals surface area contributed by atoms with Crippen molar-refractivity contribution < 1.29 is 14.3 Å². The van der Waals surface area contributed by atoms with Crippen LogP contribution in [0.25, 0.3) is 0 Å². The van der Waals surface area contributed by atoms with Gasteiger partial charge in [-0.3, -0.25) is 9.59 Å². The number of aromatic nitrogens is 2. The molecule has 1 aromatic heterocycles. The van der Waals surface area contributed by atoms with Crippen LogP contribution in [0.3, 0.4) is 0 Å². The largest absolute Gasteiger partial charge is 0.368 e. The van der Waals surface area contributed by atoms with Gasteiger partial charge in [0.25, 0.3) is 5.91 Å². The molecule has 7 heteroatoms. The number of amides is 2. The van der Waals surface area contributed by atoms with Crippen molar-refractivity contribution in [1.82, 2.24) is 20.2 Å². The van der Waals surface area contributed by atoms with Crippen LogP contribution < -0.4 is 5.32 Å². The molecule has 2 aliphatic rings. The molecular weight excluding hydrogens is 320 g/mol. The van der Waals surface area contributed by atoms with Crippen molar-refractivity contribution in [1.29, 1.82) is 0 Å². The van der Waals surface area contributed by atoms with Gasteiger partial charge in [-0.1, -0.05) is 0 Å². The van der Waals surface area contributed by atoms with Crippen LogP contribution in [0.15, 0.2) is 6.07 Å². The molecule has 0 spiro atoms. The van der Waals surface area contributed by atoms with E-state index < -0.39 is 0 Å². The Bertz CT molecular complexity index is 615. The molecule has 0 bridgehead atoms. The summed E-state index contributed by atoms with van der Waals surface area (Å²) in [6, 6.07) is 1.91. The highest BCUT2D eigenvalue weighted by Gasteiger charge is 2.32. The monoisotopic (exact) mass is 346 g/mol. The Labute approximate surface area is 148 Å². The van der Waals surface area contributed by atoms with Gasteiger partial charge in [0.2, 0.25) is 5.91 Å². The summed E-state index contributed by atoms with van der Waals surface area (Å²) in [7, 11) is 0. The van der Waals surface area contributed by atoms with Crippen molar-refractivity contribution in [3.63, 3.8) is 0 Å². The minimum absolute atomic E-state index is 0.0203. The van der Waals surface area contributed by atoms with Gasteiger partial charge in [0, 0.05) is 37.0 Å². The maximum absolute atomic E-state index is 12.4. The molecule has 2 amide bonds. The summed E-state index contributed by atoms with van der Waals surface area (Å²) in [5.74, 6) is 0.684. The third-order valence-corrected chi connectivity index (χ3v) is 4.83. The van der Waals surface area contributed by atoms with Crippen LogP contribution in [0.1, 0.15) is 42.9 Å². The summed E-state index contributed by atoms with van der Waals surface area (Å²) in [4.78, 5) is 35.2. The Balaban J connectivity index is 1.45. The highest BCUT2D eigenvalue weighted by atomic mass is 16.5. The fraction of sp³-hybridized carbons (Fsp3) is 0.667. The van der Waals surface area contributed by atoms with Gasteiger partial charge in [0.1, 0.15) is 11.9 Å². The van der Waals surface area contributed by atoms with E-state index in [0.29, 0.717) is 44.9 Å². The number of ether oxygens (including phenoxy) is 1. The molecule has 25 heavy (non-hydrogen) atoms. The average molecular weight is 346 g/mol. The highest BCUT2D eigenvalue weighted by Crippen LogP contribution is 2.21. The zero-order valence-corrected chi connectivity index (χ0v) is 15.0. The fourth-order valence-corrected chi connectivity index (χ4v) is 3.53. The van der Waals surface area contributed by atoms with Gasteiger partial charge in [-0.25, -0.2) is 9.97 Å². The fourth-order valence-electron chi connectivity index (χ4n) is 3.53. The summed E-state index contributed by atoms with van der Waals surface area (Å²) in [6.07, 6.45) is 2.88. The third kappa shape index (κ3) is 4.54. The number of aryl methyl sites for hydroxylation is 2. The van der Waals surface area contributed by atoms with E-state index in [1.807, 2.05) is 24.8 Å². The number of likely N-dealkylation sites (tertiary alicyclic amines) is 1. The van der Waals surface area contributed by atoms with E-state index in [2.05, 4.69) is 15.3 Å². The predicted molar refractivity (Wildman–Crippen MR) is 91.6 cm³/mol. The summed E-state index contributed by atoms with van der Waals surface area (Å²) < 4.78 is 5.46. The quantitative estimate of drug-likeness (QED) is 0.883. The molecule has 0 saturated carbocycles. The van der Waals surface area contributed by atoms with Crippen LogP contribution in [-0.4, -0.2) is 52.5 Å². The second-order valence-corrected chi connectivity index (χ2v) is 6.89. The predicted octanol–water partition coefficient (Wildman–Crippen LogP) is 1.13. The van der Waals surface area contributed by atoms with Gasteiger partial charge in [0.15, 0.2) is 0 Å². The van der Waals surface area contributed by atoms with Gasteiger partial charge in [-0.15, -0.1) is 0 Å². The Morgan fingerprint density at radius 3 is 2.48 bits per heavy atom. The molecule has 2 saturated heterocycles. The average Bonchev–Trinajstić information content (AvgIpc) is 3.13. The molecule has 136 valence electrons. The van der Waals surface area contributed by atoms with E-state index in [-0.39, 0.29) is 23.8 Å². The van der Waals surface area contributed by atoms with Crippen LogP contribution in [0.5, 0.6) is 0 Å².